The summed E-state index contributed by atoms with van der Waals surface area (Å²) in [6, 6.07) is 25.4. The number of thiophene rings is 1. The first-order valence-corrected chi connectivity index (χ1v) is 13.1. The van der Waals surface area contributed by atoms with Crippen molar-refractivity contribution in [1.82, 2.24) is 19.1 Å². The number of benzene rings is 3. The molecule has 0 saturated heterocycles. The summed E-state index contributed by atoms with van der Waals surface area (Å²) in [6.45, 7) is 0. The lowest BCUT2D eigenvalue weighted by Gasteiger charge is -2.09. The molecule has 2 N–H and O–H groups in total. The molecule has 3 heterocycles. The molecule has 0 spiro atoms. The Balaban J connectivity index is 0.000000431. The van der Waals surface area contributed by atoms with Crippen LogP contribution in [0.4, 0.5) is 19.1 Å². The van der Waals surface area contributed by atoms with Crippen molar-refractivity contribution in [3.63, 3.8) is 0 Å². The quantitative estimate of drug-likeness (QED) is 0.232. The molecule has 0 radical (unpaired) electrons. The number of aliphatic carboxylic acids is 1. The fourth-order valence-electron chi connectivity index (χ4n) is 4.08. The van der Waals surface area contributed by atoms with Gasteiger partial charge in [-0.2, -0.15) is 13.2 Å². The molecule has 0 atom stereocenters. The predicted molar refractivity (Wildman–Crippen MR) is 154 cm³/mol. The van der Waals surface area contributed by atoms with E-state index in [1.54, 1.807) is 10.9 Å². The molecule has 0 aliphatic rings. The number of fused-ring (bicyclic) bond motifs is 2. The van der Waals surface area contributed by atoms with Crippen LogP contribution in [0, 0.1) is 0 Å². The number of hydrogen-bond donors (Lipinski definition) is 2. The van der Waals surface area contributed by atoms with E-state index in [2.05, 4.69) is 14.9 Å². The number of para-hydroxylation sites is 1. The molecule has 0 aliphatic heterocycles. The number of carbonyl (C=O) groups is 1. The highest BCUT2D eigenvalue weighted by atomic mass is 35.5. The molecular weight excluding hydrogens is 579 g/mol. The van der Waals surface area contributed by atoms with Gasteiger partial charge in [0, 0.05) is 22.6 Å². The van der Waals surface area contributed by atoms with Gasteiger partial charge in [-0.15, -0.1) is 11.3 Å². The molecule has 41 heavy (non-hydrogen) atoms. The first kappa shape index (κ1) is 27.9. The van der Waals surface area contributed by atoms with Crippen LogP contribution in [-0.2, 0) is 4.79 Å². The van der Waals surface area contributed by atoms with Crippen molar-refractivity contribution >= 4 is 56.1 Å². The van der Waals surface area contributed by atoms with Gasteiger partial charge in [0.2, 0.25) is 5.95 Å². The molecule has 0 amide bonds. The Hall–Kier alpha value is -4.68. The van der Waals surface area contributed by atoms with E-state index in [1.807, 2.05) is 85.9 Å². The van der Waals surface area contributed by atoms with Crippen LogP contribution in [0.2, 0.25) is 5.02 Å². The number of hydrogen-bond acceptors (Lipinski definition) is 6. The summed E-state index contributed by atoms with van der Waals surface area (Å²) in [5.74, 6) is -2.03. The number of nitrogens with one attached hydrogen (secondary N) is 1. The van der Waals surface area contributed by atoms with Gasteiger partial charge in [-0.1, -0.05) is 41.9 Å². The third-order valence-electron chi connectivity index (χ3n) is 5.96. The van der Waals surface area contributed by atoms with Crippen molar-refractivity contribution in [3.8, 4) is 21.8 Å². The van der Waals surface area contributed by atoms with E-state index < -0.39 is 12.1 Å². The topological polar surface area (TPSA) is 102 Å². The van der Waals surface area contributed by atoms with Gasteiger partial charge in [0.25, 0.3) is 5.56 Å². The minimum absolute atomic E-state index is 0.106. The highest BCUT2D eigenvalue weighted by Gasteiger charge is 2.38. The molecule has 208 valence electrons. The summed E-state index contributed by atoms with van der Waals surface area (Å²) in [4.78, 5) is 32.6. The maximum atomic E-state index is 13.4. The van der Waals surface area contributed by atoms with Crippen LogP contribution in [0.1, 0.15) is 0 Å². The van der Waals surface area contributed by atoms with Crippen LogP contribution in [0.15, 0.2) is 90.0 Å². The van der Waals surface area contributed by atoms with E-state index in [4.69, 9.17) is 26.5 Å². The van der Waals surface area contributed by atoms with Crippen molar-refractivity contribution in [2.45, 2.75) is 6.18 Å². The van der Waals surface area contributed by atoms with Crippen molar-refractivity contribution in [3.05, 3.63) is 101 Å². The smallest absolute Gasteiger partial charge is 0.475 e. The van der Waals surface area contributed by atoms with E-state index in [-0.39, 0.29) is 5.56 Å². The fourth-order valence-corrected chi connectivity index (χ4v) is 5.25. The molecule has 3 aromatic carbocycles. The SMILES string of the molecule is CNc1nc2cc(-n3cnc4cc(-c5ccc(Cl)cc5)sc4c3=O)ccc2n1-c1ccccc1.O=C(O)C(F)(F)F. The Morgan fingerprint density at radius 3 is 2.29 bits per heavy atom. The van der Waals surface area contributed by atoms with Crippen LogP contribution >= 0.6 is 22.9 Å². The van der Waals surface area contributed by atoms with Gasteiger partial charge in [0.1, 0.15) is 11.0 Å². The monoisotopic (exact) mass is 597 g/mol. The lowest BCUT2D eigenvalue weighted by molar-refractivity contribution is -0.192. The second-order valence-electron chi connectivity index (χ2n) is 8.58. The van der Waals surface area contributed by atoms with Crippen molar-refractivity contribution in [2.24, 2.45) is 0 Å². The van der Waals surface area contributed by atoms with E-state index in [9.17, 15) is 18.0 Å². The third kappa shape index (κ3) is 5.65. The van der Waals surface area contributed by atoms with E-state index in [1.165, 1.54) is 11.3 Å². The van der Waals surface area contributed by atoms with E-state index >= 15 is 0 Å². The zero-order valence-electron chi connectivity index (χ0n) is 21.1. The fraction of sp³-hybridized carbons (Fsp3) is 0.0714. The minimum Gasteiger partial charge on any atom is -0.475 e. The molecule has 13 heteroatoms. The highest BCUT2D eigenvalue weighted by molar-refractivity contribution is 7.22. The Labute approximate surface area is 238 Å². The van der Waals surface area contributed by atoms with Gasteiger partial charge in [-0.3, -0.25) is 13.9 Å². The maximum absolute atomic E-state index is 13.4. The number of carboxylic acid groups (broad SMARTS) is 1. The number of halogens is 4. The zero-order valence-corrected chi connectivity index (χ0v) is 22.6. The average Bonchev–Trinajstić information content (AvgIpc) is 3.56. The lowest BCUT2D eigenvalue weighted by atomic mass is 10.2. The van der Waals surface area contributed by atoms with Crippen LogP contribution < -0.4 is 10.9 Å². The second-order valence-corrected chi connectivity index (χ2v) is 10.1. The molecule has 0 saturated carbocycles. The number of nitrogens with zero attached hydrogens (tertiary/aromatic N) is 4. The number of anilines is 1. The van der Waals surface area contributed by atoms with Gasteiger partial charge in [0.05, 0.1) is 22.2 Å². The minimum atomic E-state index is -5.08. The number of aromatic nitrogens is 4. The largest absolute Gasteiger partial charge is 0.490 e. The Kier molecular flexibility index (Phi) is 7.52. The van der Waals surface area contributed by atoms with Gasteiger partial charge < -0.3 is 10.4 Å². The Morgan fingerprint density at radius 2 is 1.66 bits per heavy atom. The van der Waals surface area contributed by atoms with Gasteiger partial charge in [-0.25, -0.2) is 14.8 Å². The highest BCUT2D eigenvalue weighted by Crippen LogP contribution is 2.32. The van der Waals surface area contributed by atoms with Crippen LogP contribution in [-0.4, -0.2) is 43.4 Å². The van der Waals surface area contributed by atoms with E-state index in [0.717, 1.165) is 33.1 Å². The maximum Gasteiger partial charge on any atom is 0.490 e. The summed E-state index contributed by atoms with van der Waals surface area (Å²) in [5, 5.41) is 11.0. The summed E-state index contributed by atoms with van der Waals surface area (Å²) >= 11 is 7.45. The second kappa shape index (κ2) is 11.1. The van der Waals surface area contributed by atoms with Gasteiger partial charge >= 0.3 is 12.1 Å². The van der Waals surface area contributed by atoms with Crippen LogP contribution in [0.3, 0.4) is 0 Å². The number of carboxylic acids is 1. The van der Waals surface area contributed by atoms with Crippen LogP contribution in [0.5, 0.6) is 0 Å². The first-order chi connectivity index (χ1) is 19.6. The molecule has 0 bridgehead atoms. The molecule has 3 aromatic heterocycles. The number of rotatable bonds is 4. The first-order valence-electron chi connectivity index (χ1n) is 11.9. The Morgan fingerprint density at radius 1 is 0.976 bits per heavy atom. The normalized spacial score (nSPS) is 11.3. The van der Waals surface area contributed by atoms with Gasteiger partial charge in [-0.05, 0) is 54.1 Å². The molecule has 0 aliphatic carbocycles. The zero-order chi connectivity index (χ0) is 29.3. The average molecular weight is 598 g/mol. The molecule has 6 rings (SSSR count). The molecule has 8 nitrogen and oxygen atoms in total. The van der Waals surface area contributed by atoms with Crippen molar-refractivity contribution < 1.29 is 23.1 Å². The molecule has 6 aromatic rings. The summed E-state index contributed by atoms with van der Waals surface area (Å²) in [5.41, 5.74) is 5.04. The summed E-state index contributed by atoms with van der Waals surface area (Å²) in [6.07, 6.45) is -3.50. The van der Waals surface area contributed by atoms with Gasteiger partial charge in [0.15, 0.2) is 0 Å². The lowest BCUT2D eigenvalue weighted by Crippen LogP contribution is -2.21. The standard InChI is InChI=1S/C26H18ClN5OS.C2HF3O2/c1-28-26-30-20-13-19(11-12-22(20)32(26)18-5-3-2-4-6-18)31-15-29-21-14-23(34-24(21)25(31)33)16-7-9-17(27)10-8-16;3-2(4,5)1(6)7/h2-15H,1H3,(H,28,30);(H,6,7). The number of alkyl halides is 3. The predicted octanol–water partition coefficient (Wildman–Crippen LogP) is 6.78. The van der Waals surface area contributed by atoms with E-state index in [0.29, 0.717) is 20.9 Å². The number of imidazole rings is 1. The van der Waals surface area contributed by atoms with Crippen molar-refractivity contribution in [2.75, 3.05) is 12.4 Å². The third-order valence-corrected chi connectivity index (χ3v) is 7.38. The summed E-state index contributed by atoms with van der Waals surface area (Å²) < 4.78 is 36.0. The van der Waals surface area contributed by atoms with Crippen molar-refractivity contribution in [1.29, 1.82) is 0 Å². The Bertz CT molecular complexity index is 1930. The summed E-state index contributed by atoms with van der Waals surface area (Å²) in [7, 11) is 1.85. The molecular formula is C28H19ClF3N5O3S. The molecule has 0 unspecified atom stereocenters. The molecule has 0 fully saturated rings. The van der Waals surface area contributed by atoms with Crippen LogP contribution in [0.25, 0.3) is 43.1 Å².